The molecule has 0 saturated carbocycles. The molecule has 1 N–H and O–H groups in total. The highest BCUT2D eigenvalue weighted by Crippen LogP contribution is 2.32. The summed E-state index contributed by atoms with van der Waals surface area (Å²) in [6.07, 6.45) is -4.40. The van der Waals surface area contributed by atoms with Crippen LogP contribution in [-0.4, -0.2) is 16.6 Å². The lowest BCUT2D eigenvalue weighted by molar-refractivity contribution is -0.137. The summed E-state index contributed by atoms with van der Waals surface area (Å²) in [5, 5.41) is 9.70. The van der Waals surface area contributed by atoms with Gasteiger partial charge >= 0.3 is 6.18 Å². The van der Waals surface area contributed by atoms with Gasteiger partial charge in [-0.25, -0.2) is 0 Å². The van der Waals surface area contributed by atoms with E-state index in [-0.39, 0.29) is 17.3 Å². The average Bonchev–Trinajstić information content (AvgIpc) is 2.49. The minimum absolute atomic E-state index is 0.0327. The van der Waals surface area contributed by atoms with Crippen LogP contribution in [-0.2, 0) is 6.18 Å². The molecule has 0 bridgehead atoms. The molecule has 2 rings (SSSR count). The van der Waals surface area contributed by atoms with Gasteiger partial charge in [-0.05, 0) is 55.3 Å². The fourth-order valence-corrected chi connectivity index (χ4v) is 2.96. The number of rotatable bonds is 4. The highest BCUT2D eigenvalue weighted by Gasteiger charge is 2.30. The molecule has 0 aliphatic rings. The third kappa shape index (κ3) is 4.28. The maximum Gasteiger partial charge on any atom is 0.416 e. The molecule has 0 aliphatic heterocycles. The largest absolute Gasteiger partial charge is 0.507 e. The molecule has 0 fully saturated rings. The molecule has 2 aromatic rings. The first-order chi connectivity index (χ1) is 10.7. The van der Waals surface area contributed by atoms with Crippen LogP contribution in [0.15, 0.2) is 41.3 Å². The first-order valence-electron chi connectivity index (χ1n) is 6.82. The van der Waals surface area contributed by atoms with E-state index in [1.807, 2.05) is 0 Å². The van der Waals surface area contributed by atoms with Crippen LogP contribution in [0.5, 0.6) is 5.75 Å². The molecule has 0 unspecified atom stereocenters. The number of carbonyl (C=O) groups excluding carboxylic acids is 1. The normalized spacial score (nSPS) is 11.5. The van der Waals surface area contributed by atoms with E-state index in [0.717, 1.165) is 23.9 Å². The van der Waals surface area contributed by atoms with Gasteiger partial charge in [0.05, 0.1) is 11.3 Å². The number of alkyl halides is 3. The van der Waals surface area contributed by atoms with Crippen LogP contribution in [0.1, 0.15) is 27.0 Å². The maximum atomic E-state index is 12.7. The number of benzene rings is 2. The van der Waals surface area contributed by atoms with E-state index in [9.17, 15) is 23.1 Å². The summed E-state index contributed by atoms with van der Waals surface area (Å²) in [7, 11) is 0. The molecule has 2 nitrogen and oxygen atoms in total. The number of ketones is 1. The molecule has 0 spiro atoms. The van der Waals surface area contributed by atoms with Crippen LogP contribution in [0, 0.1) is 13.8 Å². The Hall–Kier alpha value is -1.95. The Balaban J connectivity index is 2.11. The van der Waals surface area contributed by atoms with Crippen LogP contribution in [0.4, 0.5) is 13.2 Å². The lowest BCUT2D eigenvalue weighted by Crippen LogP contribution is -2.05. The van der Waals surface area contributed by atoms with Crippen molar-refractivity contribution in [2.45, 2.75) is 24.9 Å². The molecule has 6 heteroatoms. The van der Waals surface area contributed by atoms with Crippen LogP contribution < -0.4 is 0 Å². The predicted molar refractivity (Wildman–Crippen MR) is 84.1 cm³/mol. The Labute approximate surface area is 136 Å². The van der Waals surface area contributed by atoms with Crippen molar-refractivity contribution in [2.75, 3.05) is 5.75 Å². The Morgan fingerprint density at radius 3 is 2.30 bits per heavy atom. The van der Waals surface area contributed by atoms with Crippen molar-refractivity contribution in [3.8, 4) is 5.75 Å². The van der Waals surface area contributed by atoms with Crippen molar-refractivity contribution < 1.29 is 23.1 Å². The quantitative estimate of drug-likeness (QED) is 0.628. The zero-order valence-corrected chi connectivity index (χ0v) is 13.4. The van der Waals surface area contributed by atoms with Crippen molar-refractivity contribution in [1.29, 1.82) is 0 Å². The number of phenolic OH excluding ortho intramolecular Hbond substituents is 1. The van der Waals surface area contributed by atoms with Crippen LogP contribution >= 0.6 is 11.8 Å². The standard InChI is InChI=1S/C17H15F3O2S/c1-10-6-12(7-11(2)16(10)22)15(21)9-23-14-5-3-4-13(8-14)17(18,19)20/h3-8,22H,9H2,1-2H3. The third-order valence-corrected chi connectivity index (χ3v) is 4.34. The second-order valence-electron chi connectivity index (χ2n) is 5.20. The SMILES string of the molecule is Cc1cc(C(=O)CSc2cccc(C(F)(F)F)c2)cc(C)c1O. The number of hydrogen-bond acceptors (Lipinski definition) is 3. The lowest BCUT2D eigenvalue weighted by atomic mass is 10.0. The molecule has 2 aromatic carbocycles. The van der Waals surface area contributed by atoms with E-state index in [1.165, 1.54) is 6.07 Å². The Morgan fingerprint density at radius 1 is 1.13 bits per heavy atom. The van der Waals surface area contributed by atoms with Gasteiger partial charge in [0.15, 0.2) is 5.78 Å². The van der Waals surface area contributed by atoms with E-state index in [1.54, 1.807) is 32.0 Å². The molecule has 0 radical (unpaired) electrons. The van der Waals surface area contributed by atoms with Gasteiger partial charge < -0.3 is 5.11 Å². The lowest BCUT2D eigenvalue weighted by Gasteiger charge is -2.09. The highest BCUT2D eigenvalue weighted by atomic mass is 32.2. The molecular formula is C17H15F3O2S. The molecule has 23 heavy (non-hydrogen) atoms. The molecule has 0 aromatic heterocycles. The molecule has 0 aliphatic carbocycles. The maximum absolute atomic E-state index is 12.7. The zero-order chi connectivity index (χ0) is 17.2. The summed E-state index contributed by atoms with van der Waals surface area (Å²) < 4.78 is 38.0. The molecule has 0 heterocycles. The van der Waals surface area contributed by atoms with Gasteiger partial charge in [-0.3, -0.25) is 4.79 Å². The summed E-state index contributed by atoms with van der Waals surface area (Å²) in [6.45, 7) is 3.39. The molecule has 0 saturated heterocycles. The Kier molecular flexibility index (Phi) is 5.04. The highest BCUT2D eigenvalue weighted by molar-refractivity contribution is 8.00. The second-order valence-corrected chi connectivity index (χ2v) is 6.24. The van der Waals surface area contributed by atoms with E-state index in [0.29, 0.717) is 21.6 Å². The summed E-state index contributed by atoms with van der Waals surface area (Å²) in [4.78, 5) is 12.6. The van der Waals surface area contributed by atoms with E-state index in [2.05, 4.69) is 0 Å². The van der Waals surface area contributed by atoms with E-state index < -0.39 is 11.7 Å². The number of phenols is 1. The number of halogens is 3. The van der Waals surface area contributed by atoms with Crippen molar-refractivity contribution >= 4 is 17.5 Å². The van der Waals surface area contributed by atoms with Gasteiger partial charge in [0.25, 0.3) is 0 Å². The zero-order valence-electron chi connectivity index (χ0n) is 12.6. The Bertz CT molecular complexity index is 716. The van der Waals surface area contributed by atoms with Gasteiger partial charge in [-0.1, -0.05) is 6.07 Å². The van der Waals surface area contributed by atoms with Crippen molar-refractivity contribution in [2.24, 2.45) is 0 Å². The topological polar surface area (TPSA) is 37.3 Å². The first kappa shape index (κ1) is 17.4. The molecular weight excluding hydrogens is 325 g/mol. The number of hydrogen-bond donors (Lipinski definition) is 1. The predicted octanol–water partition coefficient (Wildman–Crippen LogP) is 5.00. The number of aromatic hydroxyl groups is 1. The van der Waals surface area contributed by atoms with Crippen molar-refractivity contribution in [1.82, 2.24) is 0 Å². The average molecular weight is 340 g/mol. The van der Waals surface area contributed by atoms with Crippen LogP contribution in [0.2, 0.25) is 0 Å². The monoisotopic (exact) mass is 340 g/mol. The van der Waals surface area contributed by atoms with E-state index >= 15 is 0 Å². The summed E-state index contributed by atoms with van der Waals surface area (Å²) >= 11 is 1.06. The first-order valence-corrected chi connectivity index (χ1v) is 7.80. The molecule has 0 atom stereocenters. The van der Waals surface area contributed by atoms with E-state index in [4.69, 9.17) is 0 Å². The third-order valence-electron chi connectivity index (χ3n) is 3.34. The number of carbonyl (C=O) groups is 1. The smallest absolute Gasteiger partial charge is 0.416 e. The fourth-order valence-electron chi connectivity index (χ4n) is 2.11. The molecule has 0 amide bonds. The van der Waals surface area contributed by atoms with Gasteiger partial charge in [0, 0.05) is 10.5 Å². The van der Waals surface area contributed by atoms with Crippen molar-refractivity contribution in [3.05, 3.63) is 58.7 Å². The Morgan fingerprint density at radius 2 is 1.74 bits per heavy atom. The van der Waals surface area contributed by atoms with Gasteiger partial charge in [-0.2, -0.15) is 13.2 Å². The van der Waals surface area contributed by atoms with Crippen molar-refractivity contribution in [3.63, 3.8) is 0 Å². The summed E-state index contributed by atoms with van der Waals surface area (Å²) in [5.41, 5.74) is 0.901. The minimum atomic E-state index is -4.40. The van der Waals surface area contributed by atoms with Gasteiger partial charge in [0.2, 0.25) is 0 Å². The number of thioether (sulfide) groups is 1. The second kappa shape index (κ2) is 6.66. The minimum Gasteiger partial charge on any atom is -0.507 e. The van der Waals surface area contributed by atoms with Crippen LogP contribution in [0.25, 0.3) is 0 Å². The van der Waals surface area contributed by atoms with Crippen LogP contribution in [0.3, 0.4) is 0 Å². The number of aryl methyl sites for hydroxylation is 2. The fraction of sp³-hybridized carbons (Fsp3) is 0.235. The summed E-state index contributed by atoms with van der Waals surface area (Å²) in [6, 6.07) is 8.06. The molecule has 122 valence electrons. The summed E-state index contributed by atoms with van der Waals surface area (Å²) in [5.74, 6) is -0.0176. The van der Waals surface area contributed by atoms with Gasteiger partial charge in [-0.15, -0.1) is 11.8 Å². The number of Topliss-reactive ketones (excluding diaryl/α,β-unsaturated/α-hetero) is 1. The van der Waals surface area contributed by atoms with Gasteiger partial charge in [0.1, 0.15) is 5.75 Å².